The van der Waals surface area contributed by atoms with Gasteiger partial charge < -0.3 is 24.7 Å². The van der Waals surface area contributed by atoms with Crippen LogP contribution < -0.4 is 5.73 Å². The second kappa shape index (κ2) is 19.2. The van der Waals surface area contributed by atoms with Gasteiger partial charge in [0.15, 0.2) is 0 Å². The van der Waals surface area contributed by atoms with E-state index in [0.717, 1.165) is 17.5 Å². The number of benzene rings is 1. The predicted octanol–water partition coefficient (Wildman–Crippen LogP) is 2.31. The van der Waals surface area contributed by atoms with Gasteiger partial charge in [0.1, 0.15) is 0 Å². The maximum Gasteiger partial charge on any atom is 0.320 e. The fourth-order valence-corrected chi connectivity index (χ4v) is 4.35. The Morgan fingerprint density at radius 3 is 1.30 bits per heavy atom. The summed E-state index contributed by atoms with van der Waals surface area (Å²) in [5.74, 6) is -1.88. The molecule has 0 atom stereocenters. The minimum Gasteiger partial charge on any atom is -0.465 e. The summed E-state index contributed by atoms with van der Waals surface area (Å²) in [4.78, 5) is 57.3. The molecule has 12 nitrogen and oxygen atoms in total. The molecule has 2 aromatic rings. The summed E-state index contributed by atoms with van der Waals surface area (Å²) in [7, 11) is 0. The first-order chi connectivity index (χ1) is 20.6. The third-order valence-electron chi connectivity index (χ3n) is 6.08. The normalized spacial score (nSPS) is 10.9. The lowest BCUT2D eigenvalue weighted by Gasteiger charge is -2.23. The van der Waals surface area contributed by atoms with Crippen molar-refractivity contribution in [3.63, 3.8) is 0 Å². The zero-order chi connectivity index (χ0) is 31.6. The lowest BCUT2D eigenvalue weighted by atomic mass is 10.0. The smallest absolute Gasteiger partial charge is 0.320 e. The number of aryl methyl sites for hydroxylation is 2. The van der Waals surface area contributed by atoms with E-state index in [-0.39, 0.29) is 65.7 Å². The highest BCUT2D eigenvalue weighted by Gasteiger charge is 2.20. The molecule has 1 aromatic heterocycles. The van der Waals surface area contributed by atoms with Crippen LogP contribution in [0.4, 0.5) is 5.69 Å². The number of hydrogen-bond acceptors (Lipinski definition) is 12. The number of nitrogen functional groups attached to an aromatic ring is 1. The summed E-state index contributed by atoms with van der Waals surface area (Å²) < 4.78 is 20.4. The van der Waals surface area contributed by atoms with Crippen LogP contribution in [-0.2, 0) is 64.1 Å². The van der Waals surface area contributed by atoms with Crippen molar-refractivity contribution in [2.24, 2.45) is 0 Å². The van der Waals surface area contributed by atoms with E-state index >= 15 is 0 Å². The van der Waals surface area contributed by atoms with Crippen LogP contribution in [0.2, 0.25) is 0 Å². The van der Waals surface area contributed by atoms with E-state index in [0.29, 0.717) is 23.5 Å². The summed E-state index contributed by atoms with van der Waals surface area (Å²) in [6.45, 7) is 7.52. The van der Waals surface area contributed by atoms with Crippen molar-refractivity contribution < 1.29 is 38.1 Å². The van der Waals surface area contributed by atoms with Crippen molar-refractivity contribution in [3.05, 3.63) is 58.9 Å². The Morgan fingerprint density at radius 1 is 0.605 bits per heavy atom. The van der Waals surface area contributed by atoms with Crippen LogP contribution in [-0.4, -0.2) is 91.3 Å². The molecule has 0 aliphatic heterocycles. The number of esters is 4. The van der Waals surface area contributed by atoms with Gasteiger partial charge in [0.25, 0.3) is 0 Å². The van der Waals surface area contributed by atoms with Crippen LogP contribution in [0.15, 0.2) is 36.4 Å². The van der Waals surface area contributed by atoms with E-state index in [9.17, 15) is 19.2 Å². The number of carbonyl (C=O) groups is 4. The third-order valence-corrected chi connectivity index (χ3v) is 6.08. The van der Waals surface area contributed by atoms with Gasteiger partial charge in [-0.25, -0.2) is 0 Å². The van der Waals surface area contributed by atoms with Crippen LogP contribution in [0.5, 0.6) is 0 Å². The van der Waals surface area contributed by atoms with Gasteiger partial charge >= 0.3 is 23.9 Å². The van der Waals surface area contributed by atoms with Crippen LogP contribution in [0, 0.1) is 0 Å². The Hall–Kier alpha value is -4.03. The zero-order valence-corrected chi connectivity index (χ0v) is 25.6. The second-order valence-electron chi connectivity index (χ2n) is 9.71. The summed E-state index contributed by atoms with van der Waals surface area (Å²) >= 11 is 0. The Balaban J connectivity index is 2.39. The van der Waals surface area contributed by atoms with Crippen molar-refractivity contribution in [1.29, 1.82) is 0 Å². The molecule has 0 radical (unpaired) electrons. The number of ether oxygens (including phenoxy) is 4. The minimum absolute atomic E-state index is 0.128. The fraction of sp³-hybridized carbons (Fsp3) is 0.516. The van der Waals surface area contributed by atoms with E-state index in [1.165, 1.54) is 0 Å². The van der Waals surface area contributed by atoms with Crippen molar-refractivity contribution in [2.45, 2.75) is 53.6 Å². The largest absolute Gasteiger partial charge is 0.465 e. The molecule has 0 bridgehead atoms. The number of nitrogens with two attached hydrogens (primary N) is 1. The molecule has 0 spiro atoms. The summed E-state index contributed by atoms with van der Waals surface area (Å²) in [5, 5.41) is 0. The second-order valence-corrected chi connectivity index (χ2v) is 9.71. The van der Waals surface area contributed by atoms with Gasteiger partial charge in [0.2, 0.25) is 0 Å². The SMILES string of the molecule is CCOC(=O)CN(CC(=O)OCC)Cc1cc(CCc2ccc(N)cc2)cc(CN(CC(=O)OCC)CC(=O)OCC)n1. The van der Waals surface area contributed by atoms with Gasteiger partial charge in [0, 0.05) is 18.8 Å². The molecule has 0 fully saturated rings. The molecule has 1 aromatic carbocycles. The predicted molar refractivity (Wildman–Crippen MR) is 160 cm³/mol. The molecular formula is C31H44N4O8. The van der Waals surface area contributed by atoms with Crippen molar-refractivity contribution >= 4 is 29.6 Å². The average Bonchev–Trinajstić information content (AvgIpc) is 2.93. The Kier molecular flexibility index (Phi) is 15.7. The topological polar surface area (TPSA) is 151 Å². The molecule has 0 amide bonds. The van der Waals surface area contributed by atoms with E-state index in [1.807, 2.05) is 36.4 Å². The molecule has 2 rings (SSSR count). The Bertz CT molecular complexity index is 1080. The highest BCUT2D eigenvalue weighted by molar-refractivity contribution is 5.75. The molecule has 0 unspecified atom stereocenters. The quantitative estimate of drug-likeness (QED) is 0.143. The monoisotopic (exact) mass is 600 g/mol. The lowest BCUT2D eigenvalue weighted by molar-refractivity contribution is -0.150. The van der Waals surface area contributed by atoms with Crippen molar-refractivity contribution in [3.8, 4) is 0 Å². The molecule has 2 N–H and O–H groups in total. The Morgan fingerprint density at radius 2 is 0.953 bits per heavy atom. The summed E-state index contributed by atoms with van der Waals surface area (Å²) in [6.07, 6.45) is 1.39. The first kappa shape index (κ1) is 35.2. The summed E-state index contributed by atoms with van der Waals surface area (Å²) in [6, 6.07) is 11.5. The molecule has 0 saturated carbocycles. The Labute approximate surface area is 253 Å². The highest BCUT2D eigenvalue weighted by atomic mass is 16.5. The van der Waals surface area contributed by atoms with Crippen LogP contribution in [0.25, 0.3) is 0 Å². The number of anilines is 1. The number of carbonyl (C=O) groups excluding carboxylic acids is 4. The fourth-order valence-electron chi connectivity index (χ4n) is 4.35. The van der Waals surface area contributed by atoms with Gasteiger partial charge in [-0.1, -0.05) is 12.1 Å². The van der Waals surface area contributed by atoms with Gasteiger partial charge in [-0.05, 0) is 75.9 Å². The molecule has 1 heterocycles. The lowest BCUT2D eigenvalue weighted by Crippen LogP contribution is -2.37. The van der Waals surface area contributed by atoms with Gasteiger partial charge in [-0.3, -0.25) is 34.0 Å². The maximum atomic E-state index is 12.3. The highest BCUT2D eigenvalue weighted by Crippen LogP contribution is 2.16. The number of hydrogen-bond donors (Lipinski definition) is 1. The number of rotatable bonds is 19. The third kappa shape index (κ3) is 14.1. The first-order valence-electron chi connectivity index (χ1n) is 14.6. The molecule has 0 saturated heterocycles. The molecule has 43 heavy (non-hydrogen) atoms. The first-order valence-corrected chi connectivity index (χ1v) is 14.6. The summed E-state index contributed by atoms with van der Waals surface area (Å²) in [5.41, 5.74) is 9.78. The molecule has 0 aliphatic rings. The van der Waals surface area contributed by atoms with Crippen LogP contribution >= 0.6 is 0 Å². The van der Waals surface area contributed by atoms with Gasteiger partial charge in [-0.2, -0.15) is 0 Å². The zero-order valence-electron chi connectivity index (χ0n) is 25.6. The van der Waals surface area contributed by atoms with Gasteiger partial charge in [-0.15, -0.1) is 0 Å². The van der Waals surface area contributed by atoms with Crippen molar-refractivity contribution in [2.75, 3.05) is 58.3 Å². The molecule has 12 heteroatoms. The van der Waals surface area contributed by atoms with Crippen LogP contribution in [0.1, 0.15) is 50.2 Å². The van der Waals surface area contributed by atoms with E-state index < -0.39 is 23.9 Å². The standard InChI is InChI=1S/C31H44N4O8/c1-5-40-28(36)19-34(20-29(37)41-6-2)17-26-15-24(10-9-23-11-13-25(32)14-12-23)16-27(33-26)18-35(21-30(38)42-7-3)22-31(39)43-8-4/h11-16H,5-10,17-22,32H2,1-4H3. The van der Waals surface area contributed by atoms with Crippen LogP contribution in [0.3, 0.4) is 0 Å². The maximum absolute atomic E-state index is 12.3. The number of aromatic nitrogens is 1. The number of nitrogens with zero attached hydrogens (tertiary/aromatic N) is 3. The van der Waals surface area contributed by atoms with Crippen molar-refractivity contribution in [1.82, 2.24) is 14.8 Å². The molecule has 0 aliphatic carbocycles. The van der Waals surface area contributed by atoms with E-state index in [4.69, 9.17) is 29.7 Å². The average molecular weight is 601 g/mol. The van der Waals surface area contributed by atoms with Gasteiger partial charge in [0.05, 0.1) is 64.0 Å². The number of pyridine rings is 1. The minimum atomic E-state index is -0.471. The van der Waals surface area contributed by atoms with E-state index in [1.54, 1.807) is 37.5 Å². The molecule has 236 valence electrons. The molecular weight excluding hydrogens is 556 g/mol. The van der Waals surface area contributed by atoms with E-state index in [2.05, 4.69) is 0 Å².